The first-order valence-corrected chi connectivity index (χ1v) is 4.74. The van der Waals surface area contributed by atoms with Crippen LogP contribution < -0.4 is 20.1 Å². The third-order valence-corrected chi connectivity index (χ3v) is 2.30. The molecule has 0 fully saturated rings. The van der Waals surface area contributed by atoms with Crippen molar-refractivity contribution in [1.29, 1.82) is 0 Å². The highest BCUT2D eigenvalue weighted by Gasteiger charge is 2.11. The van der Waals surface area contributed by atoms with E-state index in [0.29, 0.717) is 13.2 Å². The van der Waals surface area contributed by atoms with E-state index in [-0.39, 0.29) is 0 Å². The molecule has 13 heavy (non-hydrogen) atoms. The molecule has 0 spiro atoms. The van der Waals surface area contributed by atoms with Crippen molar-refractivity contribution in [3.63, 3.8) is 0 Å². The fraction of sp³-hybridized carbons (Fsp3) is 0.250. The van der Waals surface area contributed by atoms with E-state index < -0.39 is 0 Å². The lowest BCUT2D eigenvalue weighted by molar-refractivity contribution is 0.171. The summed E-state index contributed by atoms with van der Waals surface area (Å²) in [6.07, 6.45) is 0. The van der Waals surface area contributed by atoms with E-state index in [1.54, 1.807) is 0 Å². The van der Waals surface area contributed by atoms with Crippen LogP contribution in [0.15, 0.2) is 23.1 Å². The van der Waals surface area contributed by atoms with Crippen LogP contribution in [0.2, 0.25) is 0 Å². The van der Waals surface area contributed by atoms with Crippen molar-refractivity contribution in [3.8, 4) is 11.5 Å². The predicted octanol–water partition coefficient (Wildman–Crippen LogP) is 0.928. The number of nitrogens with one attached hydrogen (secondary N) is 1. The van der Waals surface area contributed by atoms with Crippen molar-refractivity contribution >= 4 is 11.9 Å². The number of hydrogen-bond donors (Lipinski definition) is 2. The Morgan fingerprint density at radius 3 is 2.77 bits per heavy atom. The van der Waals surface area contributed by atoms with Gasteiger partial charge in [-0.25, -0.2) is 0 Å². The van der Waals surface area contributed by atoms with Crippen molar-refractivity contribution in [1.82, 2.24) is 4.83 Å². The summed E-state index contributed by atoms with van der Waals surface area (Å²) in [7, 11) is 0. The Kier molecular flexibility index (Phi) is 2.58. The molecule has 1 heterocycles. The largest absolute Gasteiger partial charge is 0.486 e. The minimum Gasteiger partial charge on any atom is -0.486 e. The Bertz CT molecular complexity index is 306. The molecule has 1 aromatic carbocycles. The molecule has 0 saturated carbocycles. The fourth-order valence-corrected chi connectivity index (χ4v) is 1.59. The average molecular weight is 198 g/mol. The summed E-state index contributed by atoms with van der Waals surface area (Å²) in [6.45, 7) is 1.23. The second kappa shape index (κ2) is 3.87. The summed E-state index contributed by atoms with van der Waals surface area (Å²) >= 11 is 1.34. The molecule has 4 nitrogen and oxygen atoms in total. The third kappa shape index (κ3) is 1.88. The number of hydrogen-bond acceptors (Lipinski definition) is 5. The van der Waals surface area contributed by atoms with Crippen LogP contribution in [-0.4, -0.2) is 13.2 Å². The number of fused-ring (bicyclic) bond motifs is 1. The summed E-state index contributed by atoms with van der Waals surface area (Å²) in [5, 5.41) is 0. The zero-order valence-corrected chi connectivity index (χ0v) is 7.76. The van der Waals surface area contributed by atoms with Crippen LogP contribution in [0.25, 0.3) is 0 Å². The van der Waals surface area contributed by atoms with Crippen LogP contribution in [0.1, 0.15) is 0 Å². The van der Waals surface area contributed by atoms with Gasteiger partial charge in [0.1, 0.15) is 13.2 Å². The predicted molar refractivity (Wildman–Crippen MR) is 50.6 cm³/mol. The Hall–Kier alpha value is -0.910. The molecule has 1 aliphatic heterocycles. The molecule has 2 rings (SSSR count). The first-order chi connectivity index (χ1) is 6.40. The fourth-order valence-electron chi connectivity index (χ4n) is 1.16. The minimum absolute atomic E-state index is 0.608. The van der Waals surface area contributed by atoms with Gasteiger partial charge in [-0.2, -0.15) is 4.83 Å². The maximum Gasteiger partial charge on any atom is 0.162 e. The molecule has 0 unspecified atom stereocenters. The second-order valence-corrected chi connectivity index (χ2v) is 3.44. The van der Waals surface area contributed by atoms with Gasteiger partial charge in [0.2, 0.25) is 0 Å². The van der Waals surface area contributed by atoms with E-state index >= 15 is 0 Å². The Morgan fingerprint density at radius 2 is 2.00 bits per heavy atom. The zero-order chi connectivity index (χ0) is 9.10. The van der Waals surface area contributed by atoms with E-state index in [1.807, 2.05) is 18.2 Å². The van der Waals surface area contributed by atoms with Gasteiger partial charge in [0.05, 0.1) is 0 Å². The monoisotopic (exact) mass is 198 g/mol. The van der Waals surface area contributed by atoms with Gasteiger partial charge in [-0.05, 0) is 30.1 Å². The molecular weight excluding hydrogens is 188 g/mol. The van der Waals surface area contributed by atoms with E-state index in [2.05, 4.69) is 4.83 Å². The molecule has 1 aliphatic rings. The highest BCUT2D eigenvalue weighted by Crippen LogP contribution is 2.33. The third-order valence-electron chi connectivity index (χ3n) is 1.69. The second-order valence-electron chi connectivity index (χ2n) is 2.53. The van der Waals surface area contributed by atoms with E-state index in [4.69, 9.17) is 15.3 Å². The summed E-state index contributed by atoms with van der Waals surface area (Å²) in [4.78, 5) is 3.52. The van der Waals surface area contributed by atoms with Crippen LogP contribution in [0, 0.1) is 0 Å². The van der Waals surface area contributed by atoms with Crippen molar-refractivity contribution in [3.05, 3.63) is 18.2 Å². The number of ether oxygens (including phenoxy) is 2. The molecule has 70 valence electrons. The molecule has 0 amide bonds. The number of rotatable bonds is 2. The quantitative estimate of drug-likeness (QED) is 0.420. The van der Waals surface area contributed by atoms with Crippen molar-refractivity contribution in [2.24, 2.45) is 5.84 Å². The topological polar surface area (TPSA) is 56.5 Å². The van der Waals surface area contributed by atoms with Crippen molar-refractivity contribution in [2.45, 2.75) is 4.90 Å². The van der Waals surface area contributed by atoms with E-state index in [9.17, 15) is 0 Å². The van der Waals surface area contributed by atoms with Gasteiger partial charge in [0.15, 0.2) is 11.5 Å². The van der Waals surface area contributed by atoms with Crippen LogP contribution in [0.3, 0.4) is 0 Å². The molecule has 0 aliphatic carbocycles. The van der Waals surface area contributed by atoms with Crippen molar-refractivity contribution < 1.29 is 9.47 Å². The molecule has 0 bridgehead atoms. The molecule has 0 atom stereocenters. The van der Waals surface area contributed by atoms with Gasteiger partial charge in [-0.1, -0.05) is 0 Å². The molecule has 0 radical (unpaired) electrons. The van der Waals surface area contributed by atoms with E-state index in [1.165, 1.54) is 11.9 Å². The maximum absolute atomic E-state index is 5.40. The van der Waals surface area contributed by atoms with Gasteiger partial charge in [-0.3, -0.25) is 5.84 Å². The molecule has 5 heteroatoms. The standard InChI is InChI=1S/C8H10N2O2S/c9-10-13-6-1-2-7-8(5-6)12-4-3-11-7/h1-2,5,10H,3-4,9H2. The molecule has 0 aromatic heterocycles. The first kappa shape index (κ1) is 8.68. The SMILES string of the molecule is NNSc1ccc2c(c1)OCCO2. The molecule has 0 saturated heterocycles. The van der Waals surface area contributed by atoms with E-state index in [0.717, 1.165) is 16.4 Å². The summed E-state index contributed by atoms with van der Waals surface area (Å²) in [6, 6.07) is 5.71. The highest BCUT2D eigenvalue weighted by atomic mass is 32.2. The maximum atomic E-state index is 5.40. The van der Waals surface area contributed by atoms with Gasteiger partial charge in [-0.15, -0.1) is 0 Å². The molecule has 1 aromatic rings. The lowest BCUT2D eigenvalue weighted by atomic mass is 10.3. The molecular formula is C8H10N2O2S. The Labute approximate surface area is 80.5 Å². The average Bonchev–Trinajstić information content (AvgIpc) is 2.18. The van der Waals surface area contributed by atoms with Crippen LogP contribution >= 0.6 is 11.9 Å². The van der Waals surface area contributed by atoms with Gasteiger partial charge in [0, 0.05) is 4.90 Å². The lowest BCUT2D eigenvalue weighted by Gasteiger charge is -2.18. The van der Waals surface area contributed by atoms with Gasteiger partial charge >= 0.3 is 0 Å². The van der Waals surface area contributed by atoms with Crippen LogP contribution in [0.5, 0.6) is 11.5 Å². The normalized spacial score (nSPS) is 14.2. The summed E-state index contributed by atoms with van der Waals surface area (Å²) in [5.41, 5.74) is 0. The highest BCUT2D eigenvalue weighted by molar-refractivity contribution is 7.97. The Morgan fingerprint density at radius 1 is 1.23 bits per heavy atom. The van der Waals surface area contributed by atoms with Crippen LogP contribution in [-0.2, 0) is 0 Å². The van der Waals surface area contributed by atoms with Crippen molar-refractivity contribution in [2.75, 3.05) is 13.2 Å². The smallest absolute Gasteiger partial charge is 0.162 e. The zero-order valence-electron chi connectivity index (χ0n) is 6.95. The molecule has 3 N–H and O–H groups in total. The Balaban J connectivity index is 2.24. The van der Waals surface area contributed by atoms with Crippen LogP contribution in [0.4, 0.5) is 0 Å². The minimum atomic E-state index is 0.608. The number of nitrogens with two attached hydrogens (primary N) is 1. The summed E-state index contributed by atoms with van der Waals surface area (Å²) < 4.78 is 10.8. The number of hydrazine groups is 1. The lowest BCUT2D eigenvalue weighted by Crippen LogP contribution is -2.15. The summed E-state index contributed by atoms with van der Waals surface area (Å²) in [5.74, 6) is 6.76. The number of benzene rings is 1. The van der Waals surface area contributed by atoms with Gasteiger partial charge < -0.3 is 9.47 Å². The first-order valence-electron chi connectivity index (χ1n) is 3.92. The van der Waals surface area contributed by atoms with Gasteiger partial charge in [0.25, 0.3) is 0 Å².